The van der Waals surface area contributed by atoms with Gasteiger partial charge in [-0.25, -0.2) is 9.59 Å². The van der Waals surface area contributed by atoms with Gasteiger partial charge in [0, 0.05) is 38.8 Å². The predicted octanol–water partition coefficient (Wildman–Crippen LogP) is 1.63. The second kappa shape index (κ2) is 16.1. The quantitative estimate of drug-likeness (QED) is 0.170. The smallest absolute Gasteiger partial charge is 0.407 e. The molecule has 2 N–H and O–H groups in total. The fourth-order valence-corrected chi connectivity index (χ4v) is 4.76. The van der Waals surface area contributed by atoms with Crippen LogP contribution in [0.5, 0.6) is 0 Å². The van der Waals surface area contributed by atoms with Crippen molar-refractivity contribution in [1.82, 2.24) is 15.7 Å². The average molecular weight is 538 g/mol. The summed E-state index contributed by atoms with van der Waals surface area (Å²) in [5, 5.41) is 5.86. The number of nitrogens with zero attached hydrogens (tertiary/aromatic N) is 1. The van der Waals surface area contributed by atoms with Crippen molar-refractivity contribution < 1.29 is 43.0 Å². The molecule has 1 saturated carbocycles. The first-order valence-electron chi connectivity index (χ1n) is 13.5. The molecule has 2 aliphatic carbocycles. The van der Waals surface area contributed by atoms with Crippen molar-refractivity contribution in [3.8, 4) is 0 Å². The lowest BCUT2D eigenvalue weighted by atomic mass is 10.1. The summed E-state index contributed by atoms with van der Waals surface area (Å²) in [4.78, 5) is 62.9. The van der Waals surface area contributed by atoms with Crippen molar-refractivity contribution in [2.45, 2.75) is 57.8 Å². The molecule has 12 heteroatoms. The monoisotopic (exact) mass is 537 g/mol. The maximum absolute atomic E-state index is 11.9. The van der Waals surface area contributed by atoms with Gasteiger partial charge in [-0.05, 0) is 49.9 Å². The zero-order chi connectivity index (χ0) is 27.2. The molecule has 212 valence electrons. The number of allylic oxidation sites excluding steroid dienone is 2. The Balaban J connectivity index is 1.06. The van der Waals surface area contributed by atoms with Crippen LogP contribution in [0.2, 0.25) is 0 Å². The normalized spacial score (nSPS) is 23.2. The Morgan fingerprint density at radius 1 is 0.842 bits per heavy atom. The Kier molecular flexibility index (Phi) is 12.5. The number of alkyl carbamates (subject to hydrolysis) is 1. The van der Waals surface area contributed by atoms with E-state index in [1.165, 1.54) is 12.8 Å². The maximum Gasteiger partial charge on any atom is 0.407 e. The molecule has 0 aromatic heterocycles. The topological polar surface area (TPSA) is 150 Å². The van der Waals surface area contributed by atoms with Crippen LogP contribution >= 0.6 is 0 Å². The van der Waals surface area contributed by atoms with E-state index in [1.54, 1.807) is 0 Å². The molecule has 0 radical (unpaired) electrons. The molecule has 4 amide bonds. The summed E-state index contributed by atoms with van der Waals surface area (Å²) < 4.78 is 16.2. The highest BCUT2D eigenvalue weighted by atomic mass is 16.7. The van der Waals surface area contributed by atoms with Gasteiger partial charge in [-0.1, -0.05) is 12.2 Å². The highest BCUT2D eigenvalue weighted by molar-refractivity contribution is 6.01. The maximum atomic E-state index is 11.9. The number of fused-ring (bicyclic) bond motifs is 1. The third kappa shape index (κ3) is 10.4. The lowest BCUT2D eigenvalue weighted by molar-refractivity contribution is -0.197. The van der Waals surface area contributed by atoms with Gasteiger partial charge in [-0.15, -0.1) is 5.06 Å². The van der Waals surface area contributed by atoms with Crippen LogP contribution in [0, 0.1) is 17.8 Å². The van der Waals surface area contributed by atoms with Gasteiger partial charge in [-0.3, -0.25) is 14.4 Å². The molecule has 3 aliphatic rings. The number of hydrogen-bond acceptors (Lipinski definition) is 9. The van der Waals surface area contributed by atoms with E-state index in [9.17, 15) is 24.0 Å². The van der Waals surface area contributed by atoms with Crippen LogP contribution in [0.3, 0.4) is 0 Å². The van der Waals surface area contributed by atoms with E-state index in [1.807, 2.05) is 0 Å². The molecular formula is C26H39N3O9. The Hall–Kier alpha value is -2.99. The van der Waals surface area contributed by atoms with Gasteiger partial charge in [0.2, 0.25) is 5.91 Å². The van der Waals surface area contributed by atoms with E-state index in [4.69, 9.17) is 19.0 Å². The number of hydrogen-bond donors (Lipinski definition) is 2. The van der Waals surface area contributed by atoms with Crippen LogP contribution in [0.25, 0.3) is 0 Å². The summed E-state index contributed by atoms with van der Waals surface area (Å²) in [6.07, 6.45) is 9.04. The molecule has 0 unspecified atom stereocenters. The molecule has 2 fully saturated rings. The number of amides is 4. The lowest BCUT2D eigenvalue weighted by Gasteiger charge is -2.12. The standard InChI is InChI=1S/C26H39N3O9/c30-22(8-5-9-25(33)38-29-23(31)10-11-24(29)32)27-12-14-35-16-17-36-15-13-28-26(34)37-18-21-19-6-3-1-2-4-7-20(19)21/h1-2,19-21H,3-18H2,(H,27,30)(H,28,34)/b2-1-/t19-,20+,21-. The van der Waals surface area contributed by atoms with Crippen molar-refractivity contribution >= 4 is 29.8 Å². The van der Waals surface area contributed by atoms with Crippen molar-refractivity contribution in [3.05, 3.63) is 12.2 Å². The van der Waals surface area contributed by atoms with Gasteiger partial charge in [0.1, 0.15) is 0 Å². The van der Waals surface area contributed by atoms with Crippen molar-refractivity contribution in [2.24, 2.45) is 17.8 Å². The van der Waals surface area contributed by atoms with E-state index in [0.29, 0.717) is 68.9 Å². The first-order chi connectivity index (χ1) is 18.5. The molecule has 0 bridgehead atoms. The minimum absolute atomic E-state index is 0.0376. The molecule has 0 spiro atoms. The number of carbonyl (C=O) groups is 5. The van der Waals surface area contributed by atoms with Crippen LogP contribution in [-0.2, 0) is 38.2 Å². The fourth-order valence-electron chi connectivity index (χ4n) is 4.76. The SMILES string of the molecule is O=C(CCCC(=O)ON1C(=O)CCC1=O)NCCOCCOCCNC(=O)OC[C@@H]1[C@@H]2CC/C=C\CC[C@@H]21. The number of imide groups is 1. The second-order valence-electron chi connectivity index (χ2n) is 9.62. The van der Waals surface area contributed by atoms with E-state index in [2.05, 4.69) is 22.8 Å². The molecule has 0 aromatic rings. The van der Waals surface area contributed by atoms with Crippen LogP contribution in [0.15, 0.2) is 12.2 Å². The second-order valence-corrected chi connectivity index (χ2v) is 9.62. The molecule has 0 aromatic carbocycles. The minimum atomic E-state index is -0.726. The molecule has 38 heavy (non-hydrogen) atoms. The third-order valence-corrected chi connectivity index (χ3v) is 6.86. The fraction of sp³-hybridized carbons (Fsp3) is 0.731. The van der Waals surface area contributed by atoms with Gasteiger partial charge in [0.15, 0.2) is 0 Å². The number of ether oxygens (including phenoxy) is 3. The average Bonchev–Trinajstić information content (AvgIpc) is 3.42. The molecule has 3 atom stereocenters. The molecule has 12 nitrogen and oxygen atoms in total. The first kappa shape index (κ1) is 29.6. The van der Waals surface area contributed by atoms with E-state index in [-0.39, 0.29) is 38.0 Å². The highest BCUT2D eigenvalue weighted by Gasteiger charge is 2.49. The Morgan fingerprint density at radius 3 is 2.08 bits per heavy atom. The Morgan fingerprint density at radius 2 is 1.45 bits per heavy atom. The zero-order valence-corrected chi connectivity index (χ0v) is 21.8. The number of hydroxylamine groups is 2. The van der Waals surface area contributed by atoms with Gasteiger partial charge in [-0.2, -0.15) is 0 Å². The van der Waals surface area contributed by atoms with Gasteiger partial charge in [0.05, 0.1) is 33.0 Å². The summed E-state index contributed by atoms with van der Waals surface area (Å²) in [6, 6.07) is 0. The summed E-state index contributed by atoms with van der Waals surface area (Å²) in [5.41, 5.74) is 0. The summed E-state index contributed by atoms with van der Waals surface area (Å²) in [7, 11) is 0. The van der Waals surface area contributed by atoms with E-state index >= 15 is 0 Å². The minimum Gasteiger partial charge on any atom is -0.449 e. The van der Waals surface area contributed by atoms with E-state index < -0.39 is 23.9 Å². The summed E-state index contributed by atoms with van der Waals surface area (Å²) in [6.45, 7) is 2.51. The lowest BCUT2D eigenvalue weighted by Crippen LogP contribution is -2.32. The first-order valence-corrected chi connectivity index (χ1v) is 13.5. The van der Waals surface area contributed by atoms with E-state index in [0.717, 1.165) is 12.8 Å². The molecule has 1 heterocycles. The third-order valence-electron chi connectivity index (χ3n) is 6.86. The molecule has 1 saturated heterocycles. The number of rotatable bonds is 16. The largest absolute Gasteiger partial charge is 0.449 e. The van der Waals surface area contributed by atoms with Gasteiger partial charge < -0.3 is 29.7 Å². The van der Waals surface area contributed by atoms with Crippen LogP contribution in [0.4, 0.5) is 4.79 Å². The molecule has 1 aliphatic heterocycles. The summed E-state index contributed by atoms with van der Waals surface area (Å²) >= 11 is 0. The zero-order valence-electron chi connectivity index (χ0n) is 21.8. The Bertz CT molecular complexity index is 831. The molecule has 3 rings (SSSR count). The van der Waals surface area contributed by atoms with Crippen molar-refractivity contribution in [1.29, 1.82) is 0 Å². The number of carbonyl (C=O) groups excluding carboxylic acids is 5. The number of nitrogens with one attached hydrogen (secondary N) is 2. The predicted molar refractivity (Wildman–Crippen MR) is 133 cm³/mol. The van der Waals surface area contributed by atoms with Crippen molar-refractivity contribution in [2.75, 3.05) is 46.1 Å². The van der Waals surface area contributed by atoms with Crippen molar-refractivity contribution in [3.63, 3.8) is 0 Å². The van der Waals surface area contributed by atoms with Crippen LogP contribution in [-0.4, -0.2) is 81.0 Å². The van der Waals surface area contributed by atoms with Gasteiger partial charge >= 0.3 is 12.1 Å². The van der Waals surface area contributed by atoms with Crippen LogP contribution in [0.1, 0.15) is 57.8 Å². The highest BCUT2D eigenvalue weighted by Crippen LogP contribution is 2.52. The van der Waals surface area contributed by atoms with Gasteiger partial charge in [0.25, 0.3) is 11.8 Å². The Labute approximate surface area is 222 Å². The molecular weight excluding hydrogens is 498 g/mol. The summed E-state index contributed by atoms with van der Waals surface area (Å²) in [5.74, 6) is -0.141. The van der Waals surface area contributed by atoms with Crippen LogP contribution < -0.4 is 10.6 Å².